The van der Waals surface area contributed by atoms with E-state index < -0.39 is 29.2 Å². The molecule has 0 radical (unpaired) electrons. The molecule has 0 aromatic heterocycles. The van der Waals surface area contributed by atoms with Gasteiger partial charge in [-0.15, -0.1) is 10.2 Å². The van der Waals surface area contributed by atoms with Gasteiger partial charge in [-0.2, -0.15) is 13.2 Å². The van der Waals surface area contributed by atoms with E-state index >= 15 is 0 Å². The topological polar surface area (TPSA) is 62.0 Å². The maximum absolute atomic E-state index is 13.5. The van der Waals surface area contributed by atoms with Gasteiger partial charge in [0.1, 0.15) is 5.69 Å². The van der Waals surface area contributed by atoms with Crippen molar-refractivity contribution in [2.24, 2.45) is 10.2 Å². The van der Waals surface area contributed by atoms with E-state index in [1.54, 1.807) is 6.07 Å². The monoisotopic (exact) mass is 338 g/mol. The standard InChI is InChI=1S/C16H10F4N2O2/c17-11-8-4-5-9-12(11)21-22-13(15(24)16(18,19)20)14(23)10-6-2-1-3-7-10/h1-9,23H/b14-13-,22-21?. The molecule has 0 amide bonds. The molecule has 1 N–H and O–H groups in total. The van der Waals surface area contributed by atoms with Gasteiger partial charge in [-0.3, -0.25) is 4.79 Å². The lowest BCUT2D eigenvalue weighted by molar-refractivity contribution is -0.166. The first-order valence-electron chi connectivity index (χ1n) is 6.57. The van der Waals surface area contributed by atoms with Gasteiger partial charge in [0.15, 0.2) is 17.3 Å². The van der Waals surface area contributed by atoms with Gasteiger partial charge >= 0.3 is 6.18 Å². The molecule has 24 heavy (non-hydrogen) atoms. The molecule has 0 unspecified atom stereocenters. The summed E-state index contributed by atoms with van der Waals surface area (Å²) in [6, 6.07) is 12.0. The summed E-state index contributed by atoms with van der Waals surface area (Å²) >= 11 is 0. The summed E-state index contributed by atoms with van der Waals surface area (Å²) in [6.07, 6.45) is -5.27. The predicted octanol–water partition coefficient (Wildman–Crippen LogP) is 4.97. The van der Waals surface area contributed by atoms with Crippen molar-refractivity contribution >= 4 is 17.2 Å². The number of benzene rings is 2. The second kappa shape index (κ2) is 7.03. The highest BCUT2D eigenvalue weighted by Crippen LogP contribution is 2.28. The van der Waals surface area contributed by atoms with Crippen LogP contribution in [0, 0.1) is 5.82 Å². The number of ketones is 1. The summed E-state index contributed by atoms with van der Waals surface area (Å²) in [5, 5.41) is 16.4. The van der Waals surface area contributed by atoms with Crippen molar-refractivity contribution in [1.82, 2.24) is 0 Å². The van der Waals surface area contributed by atoms with Gasteiger partial charge < -0.3 is 5.11 Å². The molecule has 0 aliphatic rings. The zero-order chi connectivity index (χ0) is 17.7. The van der Waals surface area contributed by atoms with Crippen LogP contribution in [-0.2, 0) is 4.79 Å². The van der Waals surface area contributed by atoms with E-state index in [1.807, 2.05) is 0 Å². The highest BCUT2D eigenvalue weighted by atomic mass is 19.4. The number of aliphatic hydroxyl groups is 1. The Morgan fingerprint density at radius 3 is 2.12 bits per heavy atom. The Hall–Kier alpha value is -3.03. The Morgan fingerprint density at radius 2 is 1.54 bits per heavy atom. The van der Waals surface area contributed by atoms with E-state index in [0.29, 0.717) is 0 Å². The van der Waals surface area contributed by atoms with Crippen molar-refractivity contribution in [1.29, 1.82) is 0 Å². The normalized spacial score (nSPS) is 13.0. The van der Waals surface area contributed by atoms with Crippen molar-refractivity contribution in [3.8, 4) is 0 Å². The first-order valence-corrected chi connectivity index (χ1v) is 6.57. The summed E-state index contributed by atoms with van der Waals surface area (Å²) in [6.45, 7) is 0. The van der Waals surface area contributed by atoms with Gasteiger partial charge in [-0.05, 0) is 12.1 Å². The molecule has 8 heteroatoms. The smallest absolute Gasteiger partial charge is 0.456 e. The van der Waals surface area contributed by atoms with Crippen molar-refractivity contribution in [3.05, 3.63) is 71.7 Å². The summed E-state index contributed by atoms with van der Waals surface area (Å²) in [4.78, 5) is 11.5. The molecule has 2 aromatic rings. The maximum Gasteiger partial charge on any atom is 0.456 e. The molecule has 2 aromatic carbocycles. The summed E-state index contributed by atoms with van der Waals surface area (Å²) < 4.78 is 51.6. The summed E-state index contributed by atoms with van der Waals surface area (Å²) in [7, 11) is 0. The molecule has 4 nitrogen and oxygen atoms in total. The van der Waals surface area contributed by atoms with Crippen molar-refractivity contribution in [2.45, 2.75) is 6.18 Å². The van der Waals surface area contributed by atoms with Crippen molar-refractivity contribution in [3.63, 3.8) is 0 Å². The van der Waals surface area contributed by atoms with Crippen LogP contribution >= 0.6 is 0 Å². The van der Waals surface area contributed by atoms with E-state index in [-0.39, 0.29) is 11.3 Å². The first kappa shape index (κ1) is 17.3. The highest BCUT2D eigenvalue weighted by Gasteiger charge is 2.43. The molecular formula is C16H10F4N2O2. The molecule has 0 bridgehead atoms. The quantitative estimate of drug-likeness (QED) is 0.370. The van der Waals surface area contributed by atoms with E-state index in [1.165, 1.54) is 36.4 Å². The number of hydrogen-bond donors (Lipinski definition) is 1. The Bertz CT molecular complexity index is 799. The number of rotatable bonds is 4. The maximum atomic E-state index is 13.5. The van der Waals surface area contributed by atoms with Crippen molar-refractivity contribution < 1.29 is 27.5 Å². The molecule has 2 rings (SSSR count). The van der Waals surface area contributed by atoms with Gasteiger partial charge in [0, 0.05) is 5.56 Å². The fraction of sp³-hybridized carbons (Fsp3) is 0.0625. The van der Waals surface area contributed by atoms with E-state index in [4.69, 9.17) is 0 Å². The van der Waals surface area contributed by atoms with Gasteiger partial charge in [-0.1, -0.05) is 42.5 Å². The lowest BCUT2D eigenvalue weighted by Gasteiger charge is -2.08. The Morgan fingerprint density at radius 1 is 0.958 bits per heavy atom. The zero-order valence-corrected chi connectivity index (χ0v) is 12.0. The lowest BCUT2D eigenvalue weighted by Crippen LogP contribution is -2.24. The lowest BCUT2D eigenvalue weighted by atomic mass is 10.1. The number of allylic oxidation sites excluding steroid dienone is 1. The van der Waals surface area contributed by atoms with Crippen LogP contribution in [0.4, 0.5) is 23.2 Å². The molecule has 0 aliphatic carbocycles. The number of carbonyl (C=O) groups excluding carboxylic acids is 1. The Kier molecular flexibility index (Phi) is 5.08. The van der Waals surface area contributed by atoms with Gasteiger partial charge in [0.05, 0.1) is 0 Å². The third-order valence-corrected chi connectivity index (χ3v) is 2.85. The van der Waals surface area contributed by atoms with Gasteiger partial charge in [0.25, 0.3) is 5.78 Å². The number of Topliss-reactive ketones (excluding diaryl/α,β-unsaturated/α-hetero) is 1. The van der Waals surface area contributed by atoms with Crippen LogP contribution in [0.3, 0.4) is 0 Å². The van der Waals surface area contributed by atoms with Crippen LogP contribution in [0.1, 0.15) is 5.56 Å². The minimum atomic E-state index is -5.27. The minimum Gasteiger partial charge on any atom is -0.505 e. The number of azo groups is 1. The fourth-order valence-electron chi connectivity index (χ4n) is 1.70. The highest BCUT2D eigenvalue weighted by molar-refractivity contribution is 6.04. The number of nitrogens with zero attached hydrogens (tertiary/aromatic N) is 2. The van der Waals surface area contributed by atoms with Crippen LogP contribution in [0.15, 0.2) is 70.5 Å². The average molecular weight is 338 g/mol. The second-order valence-corrected chi connectivity index (χ2v) is 4.54. The predicted molar refractivity (Wildman–Crippen MR) is 78.0 cm³/mol. The zero-order valence-electron chi connectivity index (χ0n) is 12.0. The third kappa shape index (κ3) is 4.03. The third-order valence-electron chi connectivity index (χ3n) is 2.85. The molecule has 124 valence electrons. The molecule has 0 saturated heterocycles. The van der Waals surface area contributed by atoms with E-state index in [9.17, 15) is 27.5 Å². The van der Waals surface area contributed by atoms with Crippen LogP contribution < -0.4 is 0 Å². The molecule has 0 spiro atoms. The molecule has 0 saturated carbocycles. The van der Waals surface area contributed by atoms with Gasteiger partial charge in [-0.25, -0.2) is 4.39 Å². The number of halogens is 4. The van der Waals surface area contributed by atoms with Crippen molar-refractivity contribution in [2.75, 3.05) is 0 Å². The van der Waals surface area contributed by atoms with E-state index in [2.05, 4.69) is 10.2 Å². The molecular weight excluding hydrogens is 328 g/mol. The Labute approximate surface area is 133 Å². The summed E-state index contributed by atoms with van der Waals surface area (Å²) in [5.74, 6) is -4.22. The number of alkyl halides is 3. The summed E-state index contributed by atoms with van der Waals surface area (Å²) in [5.41, 5.74) is -1.75. The van der Waals surface area contributed by atoms with Crippen LogP contribution in [-0.4, -0.2) is 17.1 Å². The largest absolute Gasteiger partial charge is 0.505 e. The fourth-order valence-corrected chi connectivity index (χ4v) is 1.70. The molecule has 0 aliphatic heterocycles. The molecule has 0 heterocycles. The van der Waals surface area contributed by atoms with Crippen LogP contribution in [0.5, 0.6) is 0 Å². The van der Waals surface area contributed by atoms with Crippen LogP contribution in [0.2, 0.25) is 0 Å². The van der Waals surface area contributed by atoms with E-state index in [0.717, 1.165) is 12.1 Å². The number of carbonyl (C=O) groups is 1. The Balaban J connectivity index is 2.52. The first-order chi connectivity index (χ1) is 11.3. The number of hydrogen-bond acceptors (Lipinski definition) is 4. The van der Waals surface area contributed by atoms with Gasteiger partial charge in [0.2, 0.25) is 0 Å². The van der Waals surface area contributed by atoms with Crippen LogP contribution in [0.25, 0.3) is 5.76 Å². The number of aliphatic hydroxyl groups excluding tert-OH is 1. The molecule has 0 atom stereocenters. The SMILES string of the molecule is O=C(/C(N=Nc1ccccc1F)=C(/O)c1ccccc1)C(F)(F)F. The minimum absolute atomic E-state index is 0.0578. The molecule has 0 fully saturated rings. The second-order valence-electron chi connectivity index (χ2n) is 4.54. The average Bonchev–Trinajstić information content (AvgIpc) is 2.56.